The second-order valence-corrected chi connectivity index (χ2v) is 6.27. The summed E-state index contributed by atoms with van der Waals surface area (Å²) in [5, 5.41) is 14.9. The number of rotatable bonds is 7. The molecule has 1 aliphatic rings. The zero-order valence-electron chi connectivity index (χ0n) is 14.1. The fraction of sp³-hybridized carbons (Fsp3) is 0.368. The molecule has 6 nitrogen and oxygen atoms in total. The zero-order chi connectivity index (χ0) is 17.5. The number of aliphatic hydroxyl groups excluding tert-OH is 1. The van der Waals surface area contributed by atoms with Crippen molar-refractivity contribution in [3.8, 4) is 0 Å². The van der Waals surface area contributed by atoms with Gasteiger partial charge in [0.1, 0.15) is 5.82 Å². The minimum absolute atomic E-state index is 0.0185. The Morgan fingerprint density at radius 1 is 1.28 bits per heavy atom. The molecule has 0 bridgehead atoms. The lowest BCUT2D eigenvalue weighted by atomic mass is 10.1. The van der Waals surface area contributed by atoms with E-state index < -0.39 is 0 Å². The van der Waals surface area contributed by atoms with E-state index in [9.17, 15) is 4.79 Å². The van der Waals surface area contributed by atoms with Gasteiger partial charge in [-0.25, -0.2) is 9.78 Å². The van der Waals surface area contributed by atoms with Gasteiger partial charge in [-0.3, -0.25) is 0 Å². The smallest absolute Gasteiger partial charge is 0.315 e. The lowest BCUT2D eigenvalue weighted by Gasteiger charge is -2.14. The molecule has 25 heavy (non-hydrogen) atoms. The number of carbonyl (C=O) groups excluding carboxylic acids is 1. The van der Waals surface area contributed by atoms with Crippen molar-refractivity contribution < 1.29 is 9.90 Å². The molecule has 3 N–H and O–H groups in total. The maximum atomic E-state index is 12.0. The van der Waals surface area contributed by atoms with E-state index in [4.69, 9.17) is 5.11 Å². The molecule has 2 atom stereocenters. The van der Waals surface area contributed by atoms with Crippen molar-refractivity contribution in [2.24, 2.45) is 5.92 Å². The monoisotopic (exact) mass is 340 g/mol. The Balaban J connectivity index is 1.45. The maximum Gasteiger partial charge on any atom is 0.315 e. The number of urea groups is 1. The molecule has 1 aromatic carbocycles. The number of nitrogens with zero attached hydrogens (tertiary/aromatic N) is 2. The molecule has 0 spiro atoms. The van der Waals surface area contributed by atoms with E-state index in [-0.39, 0.29) is 24.6 Å². The number of amides is 2. The van der Waals surface area contributed by atoms with Gasteiger partial charge in [-0.15, -0.1) is 0 Å². The Morgan fingerprint density at radius 2 is 2.12 bits per heavy atom. The number of carbonyl (C=O) groups is 1. The normalized spacial score (nSPS) is 19.1. The van der Waals surface area contributed by atoms with Gasteiger partial charge in [-0.2, -0.15) is 0 Å². The van der Waals surface area contributed by atoms with Gasteiger partial charge in [0, 0.05) is 37.5 Å². The van der Waals surface area contributed by atoms with E-state index in [2.05, 4.69) is 32.3 Å². The summed E-state index contributed by atoms with van der Waals surface area (Å²) in [7, 11) is 0. The number of aryl methyl sites for hydroxylation is 2. The van der Waals surface area contributed by atoms with Crippen LogP contribution in [0.1, 0.15) is 17.8 Å². The number of imidazole rings is 1. The summed E-state index contributed by atoms with van der Waals surface area (Å²) in [4.78, 5) is 16.4. The highest BCUT2D eigenvalue weighted by Crippen LogP contribution is 2.16. The van der Waals surface area contributed by atoms with Gasteiger partial charge in [0.05, 0.1) is 6.54 Å². The topological polar surface area (TPSA) is 79.2 Å². The van der Waals surface area contributed by atoms with Crippen LogP contribution in [-0.4, -0.2) is 33.3 Å². The quantitative estimate of drug-likeness (QED) is 0.673. The molecule has 0 fully saturated rings. The van der Waals surface area contributed by atoms with Crippen molar-refractivity contribution >= 4 is 6.03 Å². The Labute approximate surface area is 147 Å². The molecule has 2 aromatic rings. The molecule has 2 amide bonds. The third-order valence-corrected chi connectivity index (χ3v) is 4.42. The molecule has 0 unspecified atom stereocenters. The predicted octanol–water partition coefficient (Wildman–Crippen LogP) is 1.86. The average Bonchev–Trinajstić information content (AvgIpc) is 3.28. The number of hydrogen-bond acceptors (Lipinski definition) is 3. The molecular weight excluding hydrogens is 316 g/mol. The standard InChI is InChI=1S/C19H24N4O2/c24-14-16-6-7-17(12-16)22-19(25)21-13-18-20-9-11-23(18)10-8-15-4-2-1-3-5-15/h1-7,9,11,16-17,24H,8,10,12-14H2,(H2,21,22,25)/t16-,17+/m0/s1. The first-order valence-electron chi connectivity index (χ1n) is 8.62. The fourth-order valence-electron chi connectivity index (χ4n) is 3.00. The average molecular weight is 340 g/mol. The third kappa shape index (κ3) is 4.93. The second kappa shape index (κ2) is 8.48. The highest BCUT2D eigenvalue weighted by molar-refractivity contribution is 5.74. The van der Waals surface area contributed by atoms with Crippen molar-refractivity contribution in [1.29, 1.82) is 0 Å². The van der Waals surface area contributed by atoms with Crippen molar-refractivity contribution in [2.45, 2.75) is 32.0 Å². The Bertz CT molecular complexity index is 711. The molecule has 0 saturated carbocycles. The minimum Gasteiger partial charge on any atom is -0.396 e. The fourth-order valence-corrected chi connectivity index (χ4v) is 3.00. The van der Waals surface area contributed by atoms with Crippen LogP contribution in [0.25, 0.3) is 0 Å². The van der Waals surface area contributed by atoms with Crippen molar-refractivity contribution in [1.82, 2.24) is 20.2 Å². The number of hydrogen-bond donors (Lipinski definition) is 3. The van der Waals surface area contributed by atoms with E-state index in [1.54, 1.807) is 6.20 Å². The van der Waals surface area contributed by atoms with Gasteiger partial charge >= 0.3 is 6.03 Å². The highest BCUT2D eigenvalue weighted by Gasteiger charge is 2.19. The number of nitrogens with one attached hydrogen (secondary N) is 2. The lowest BCUT2D eigenvalue weighted by molar-refractivity contribution is 0.231. The Hall–Kier alpha value is -2.60. The second-order valence-electron chi connectivity index (χ2n) is 6.27. The van der Waals surface area contributed by atoms with Crippen LogP contribution in [0.2, 0.25) is 0 Å². The van der Waals surface area contributed by atoms with E-state index in [0.717, 1.165) is 25.2 Å². The summed E-state index contributed by atoms with van der Waals surface area (Å²) in [5.74, 6) is 0.975. The van der Waals surface area contributed by atoms with Crippen LogP contribution in [0.3, 0.4) is 0 Å². The minimum atomic E-state index is -0.217. The van der Waals surface area contributed by atoms with Crippen LogP contribution >= 0.6 is 0 Å². The van der Waals surface area contributed by atoms with Gasteiger partial charge in [0.2, 0.25) is 0 Å². The molecule has 132 valence electrons. The van der Waals surface area contributed by atoms with Crippen molar-refractivity contribution in [2.75, 3.05) is 6.61 Å². The summed E-state index contributed by atoms with van der Waals surface area (Å²) in [5.41, 5.74) is 1.28. The van der Waals surface area contributed by atoms with Crippen LogP contribution in [0.5, 0.6) is 0 Å². The van der Waals surface area contributed by atoms with Crippen LogP contribution in [0.4, 0.5) is 4.79 Å². The first kappa shape index (κ1) is 17.2. The van der Waals surface area contributed by atoms with Crippen LogP contribution < -0.4 is 10.6 Å². The van der Waals surface area contributed by atoms with E-state index in [0.29, 0.717) is 6.54 Å². The van der Waals surface area contributed by atoms with Crippen LogP contribution in [-0.2, 0) is 19.5 Å². The Kier molecular flexibility index (Phi) is 5.85. The summed E-state index contributed by atoms with van der Waals surface area (Å²) in [6, 6.07) is 10.1. The molecule has 1 aliphatic carbocycles. The Morgan fingerprint density at radius 3 is 2.88 bits per heavy atom. The molecule has 3 rings (SSSR count). The van der Waals surface area contributed by atoms with E-state index in [1.807, 2.05) is 36.5 Å². The molecule has 0 saturated heterocycles. The zero-order valence-corrected chi connectivity index (χ0v) is 14.1. The first-order chi connectivity index (χ1) is 12.2. The van der Waals surface area contributed by atoms with Gasteiger partial charge in [-0.05, 0) is 18.4 Å². The van der Waals surface area contributed by atoms with Crippen molar-refractivity contribution in [3.05, 3.63) is 66.3 Å². The molecule has 6 heteroatoms. The van der Waals surface area contributed by atoms with E-state index in [1.165, 1.54) is 5.56 Å². The molecule has 0 aliphatic heterocycles. The van der Waals surface area contributed by atoms with Gasteiger partial charge in [0.15, 0.2) is 0 Å². The van der Waals surface area contributed by atoms with Crippen LogP contribution in [0.15, 0.2) is 54.9 Å². The van der Waals surface area contributed by atoms with Gasteiger partial charge in [0.25, 0.3) is 0 Å². The largest absolute Gasteiger partial charge is 0.396 e. The summed E-state index contributed by atoms with van der Waals surface area (Å²) in [6.45, 7) is 1.33. The van der Waals surface area contributed by atoms with Crippen molar-refractivity contribution in [3.63, 3.8) is 0 Å². The SMILES string of the molecule is O=C(NCc1nccn1CCc1ccccc1)N[C@@H]1C=C[C@H](CO)C1. The van der Waals surface area contributed by atoms with Gasteiger partial charge < -0.3 is 20.3 Å². The maximum absolute atomic E-state index is 12.0. The molecule has 1 aromatic heterocycles. The summed E-state index contributed by atoms with van der Waals surface area (Å²) < 4.78 is 2.06. The van der Waals surface area contributed by atoms with E-state index >= 15 is 0 Å². The lowest BCUT2D eigenvalue weighted by Crippen LogP contribution is -2.41. The summed E-state index contributed by atoms with van der Waals surface area (Å²) in [6.07, 6.45) is 9.23. The highest BCUT2D eigenvalue weighted by atomic mass is 16.3. The number of benzene rings is 1. The first-order valence-corrected chi connectivity index (χ1v) is 8.62. The number of aliphatic hydroxyl groups is 1. The number of aromatic nitrogens is 2. The molecule has 1 heterocycles. The molecule has 0 radical (unpaired) electrons. The predicted molar refractivity (Wildman–Crippen MR) is 95.9 cm³/mol. The summed E-state index contributed by atoms with van der Waals surface area (Å²) >= 11 is 0. The third-order valence-electron chi connectivity index (χ3n) is 4.42. The van der Waals surface area contributed by atoms with Crippen LogP contribution in [0, 0.1) is 5.92 Å². The molecular formula is C19H24N4O2. The van der Waals surface area contributed by atoms with Gasteiger partial charge in [-0.1, -0.05) is 42.5 Å².